The largest absolute Gasteiger partial charge is 0.492 e. The van der Waals surface area contributed by atoms with Crippen LogP contribution >= 0.6 is 23.2 Å². The fourth-order valence-corrected chi connectivity index (χ4v) is 2.29. The highest BCUT2D eigenvalue weighted by atomic mass is 35.5. The minimum Gasteiger partial charge on any atom is -0.492 e. The quantitative estimate of drug-likeness (QED) is 0.688. The summed E-state index contributed by atoms with van der Waals surface area (Å²) in [6, 6.07) is 3.65. The van der Waals surface area contributed by atoms with Crippen LogP contribution in [-0.4, -0.2) is 13.2 Å². The van der Waals surface area contributed by atoms with Crippen molar-refractivity contribution < 1.29 is 4.74 Å². The van der Waals surface area contributed by atoms with Gasteiger partial charge in [-0.3, -0.25) is 0 Å². The van der Waals surface area contributed by atoms with Crippen LogP contribution < -0.4 is 10.1 Å². The molecule has 4 heteroatoms. The molecule has 19 heavy (non-hydrogen) atoms. The van der Waals surface area contributed by atoms with Crippen molar-refractivity contribution in [1.29, 1.82) is 0 Å². The Kier molecular flexibility index (Phi) is 7.59. The van der Waals surface area contributed by atoms with Crippen molar-refractivity contribution in [3.8, 4) is 5.75 Å². The van der Waals surface area contributed by atoms with Crippen LogP contribution in [0.1, 0.15) is 39.2 Å². The number of rotatable bonds is 8. The van der Waals surface area contributed by atoms with E-state index in [9.17, 15) is 0 Å². The van der Waals surface area contributed by atoms with Crippen LogP contribution in [0.25, 0.3) is 0 Å². The molecule has 1 aromatic carbocycles. The molecule has 1 N–H and O–H groups in total. The number of halogens is 2. The highest BCUT2D eigenvalue weighted by Crippen LogP contribution is 2.32. The molecule has 2 nitrogen and oxygen atoms in total. The highest BCUT2D eigenvalue weighted by molar-refractivity contribution is 6.35. The Labute approximate surface area is 126 Å². The van der Waals surface area contributed by atoms with Crippen LogP contribution in [-0.2, 0) is 6.54 Å². The lowest BCUT2D eigenvalue weighted by Gasteiger charge is -2.15. The third-order valence-corrected chi connectivity index (χ3v) is 3.27. The van der Waals surface area contributed by atoms with Gasteiger partial charge in [0.05, 0.1) is 11.6 Å². The van der Waals surface area contributed by atoms with Gasteiger partial charge in [0.15, 0.2) is 0 Å². The van der Waals surface area contributed by atoms with E-state index in [1.807, 2.05) is 6.07 Å². The van der Waals surface area contributed by atoms with Crippen LogP contribution in [0.15, 0.2) is 12.1 Å². The van der Waals surface area contributed by atoms with E-state index in [0.29, 0.717) is 22.6 Å². The molecule has 0 aromatic heterocycles. The molecular weight excluding hydrogens is 281 g/mol. The first-order valence-corrected chi connectivity index (χ1v) is 7.61. The maximum atomic E-state index is 6.23. The smallest absolute Gasteiger partial charge is 0.142 e. The number of benzene rings is 1. The van der Waals surface area contributed by atoms with Crippen molar-refractivity contribution in [3.63, 3.8) is 0 Å². The van der Waals surface area contributed by atoms with E-state index < -0.39 is 0 Å². The van der Waals surface area contributed by atoms with E-state index in [1.54, 1.807) is 6.07 Å². The summed E-state index contributed by atoms with van der Waals surface area (Å²) in [6.45, 7) is 8.87. The van der Waals surface area contributed by atoms with Crippen LogP contribution in [0.5, 0.6) is 5.75 Å². The summed E-state index contributed by atoms with van der Waals surface area (Å²) in [5.74, 6) is 1.38. The predicted octanol–water partition coefficient (Wildman–Crippen LogP) is 4.92. The lowest BCUT2D eigenvalue weighted by molar-refractivity contribution is 0.286. The third-order valence-electron chi connectivity index (χ3n) is 2.77. The molecule has 0 saturated heterocycles. The van der Waals surface area contributed by atoms with Crippen molar-refractivity contribution in [2.75, 3.05) is 13.2 Å². The summed E-state index contributed by atoms with van der Waals surface area (Å²) >= 11 is 12.3. The fraction of sp³-hybridized carbons (Fsp3) is 0.600. The molecular formula is C15H23Cl2NO. The molecule has 0 heterocycles. The van der Waals surface area contributed by atoms with Gasteiger partial charge in [0.25, 0.3) is 0 Å². The van der Waals surface area contributed by atoms with Gasteiger partial charge in [-0.05, 0) is 37.4 Å². The molecule has 0 aliphatic carbocycles. The van der Waals surface area contributed by atoms with E-state index >= 15 is 0 Å². The molecule has 0 unspecified atom stereocenters. The van der Waals surface area contributed by atoms with Crippen molar-refractivity contribution >= 4 is 23.2 Å². The lowest BCUT2D eigenvalue weighted by atomic mass is 10.1. The Morgan fingerprint density at radius 1 is 1.26 bits per heavy atom. The van der Waals surface area contributed by atoms with E-state index in [4.69, 9.17) is 27.9 Å². The Hall–Kier alpha value is -0.440. The minimum atomic E-state index is 0.588. The van der Waals surface area contributed by atoms with E-state index in [2.05, 4.69) is 26.1 Å². The zero-order valence-corrected chi connectivity index (χ0v) is 13.4. The van der Waals surface area contributed by atoms with Crippen LogP contribution in [0.4, 0.5) is 0 Å². The zero-order chi connectivity index (χ0) is 14.3. The van der Waals surface area contributed by atoms with E-state index in [1.165, 1.54) is 0 Å². The van der Waals surface area contributed by atoms with Crippen LogP contribution in [0.3, 0.4) is 0 Å². The molecule has 0 aliphatic rings. The van der Waals surface area contributed by atoms with E-state index in [-0.39, 0.29) is 0 Å². The van der Waals surface area contributed by atoms with Gasteiger partial charge in [0, 0.05) is 17.1 Å². The summed E-state index contributed by atoms with van der Waals surface area (Å²) in [6.07, 6.45) is 2.11. The second-order valence-electron chi connectivity index (χ2n) is 5.08. The summed E-state index contributed by atoms with van der Waals surface area (Å²) in [4.78, 5) is 0. The van der Waals surface area contributed by atoms with Gasteiger partial charge in [0.2, 0.25) is 0 Å². The van der Waals surface area contributed by atoms with Crippen LogP contribution in [0.2, 0.25) is 10.0 Å². The van der Waals surface area contributed by atoms with Gasteiger partial charge in [0.1, 0.15) is 5.75 Å². The topological polar surface area (TPSA) is 21.3 Å². The fourth-order valence-electron chi connectivity index (χ4n) is 1.70. The maximum Gasteiger partial charge on any atom is 0.142 e. The molecule has 108 valence electrons. The number of ether oxygens (including phenoxy) is 1. The van der Waals surface area contributed by atoms with Gasteiger partial charge in [-0.1, -0.05) is 44.0 Å². The first-order chi connectivity index (χ1) is 9.04. The Balaban J connectivity index is 2.74. The SMILES string of the molecule is CCCNCc1cc(Cl)cc(Cl)c1OCCC(C)C. The number of nitrogens with one attached hydrogen (secondary N) is 1. The standard InChI is InChI=1S/C15H23Cl2NO/c1-4-6-18-10-12-8-13(16)9-14(17)15(12)19-7-5-11(2)3/h8-9,11,18H,4-7,10H2,1-3H3. The van der Waals surface area contributed by atoms with Crippen molar-refractivity contribution in [3.05, 3.63) is 27.7 Å². The van der Waals surface area contributed by atoms with Gasteiger partial charge < -0.3 is 10.1 Å². The summed E-state index contributed by atoms with van der Waals surface area (Å²) in [7, 11) is 0. The highest BCUT2D eigenvalue weighted by Gasteiger charge is 2.11. The Morgan fingerprint density at radius 2 is 2.00 bits per heavy atom. The van der Waals surface area contributed by atoms with Crippen molar-refractivity contribution in [1.82, 2.24) is 5.32 Å². The molecule has 0 aliphatic heterocycles. The average Bonchev–Trinajstić information content (AvgIpc) is 2.32. The molecule has 0 spiro atoms. The average molecular weight is 304 g/mol. The third kappa shape index (κ3) is 6.03. The summed E-state index contributed by atoms with van der Waals surface area (Å²) < 4.78 is 5.83. The van der Waals surface area contributed by atoms with Crippen molar-refractivity contribution in [2.45, 2.75) is 40.2 Å². The lowest BCUT2D eigenvalue weighted by Crippen LogP contribution is -2.15. The normalized spacial score (nSPS) is 11.1. The van der Waals surface area contributed by atoms with Gasteiger partial charge >= 0.3 is 0 Å². The number of hydrogen-bond donors (Lipinski definition) is 1. The first kappa shape index (κ1) is 16.6. The molecule has 0 atom stereocenters. The molecule has 1 rings (SSSR count). The Morgan fingerprint density at radius 3 is 2.63 bits per heavy atom. The van der Waals surface area contributed by atoms with Gasteiger partial charge in [-0.2, -0.15) is 0 Å². The van der Waals surface area contributed by atoms with Gasteiger partial charge in [-0.25, -0.2) is 0 Å². The minimum absolute atomic E-state index is 0.588. The molecule has 0 amide bonds. The summed E-state index contributed by atoms with van der Waals surface area (Å²) in [5.41, 5.74) is 1.02. The van der Waals surface area contributed by atoms with E-state index in [0.717, 1.165) is 37.2 Å². The molecule has 1 aromatic rings. The maximum absolute atomic E-state index is 6.23. The second-order valence-corrected chi connectivity index (χ2v) is 5.93. The monoisotopic (exact) mass is 303 g/mol. The molecule has 0 fully saturated rings. The first-order valence-electron chi connectivity index (χ1n) is 6.86. The zero-order valence-electron chi connectivity index (χ0n) is 11.9. The van der Waals surface area contributed by atoms with Crippen molar-refractivity contribution in [2.24, 2.45) is 5.92 Å². The predicted molar refractivity (Wildman–Crippen MR) is 83.4 cm³/mol. The molecule has 0 saturated carbocycles. The number of hydrogen-bond acceptors (Lipinski definition) is 2. The second kappa shape index (κ2) is 8.68. The molecule has 0 bridgehead atoms. The summed E-state index contributed by atoms with van der Waals surface area (Å²) in [5, 5.41) is 4.58. The van der Waals surface area contributed by atoms with Gasteiger partial charge in [-0.15, -0.1) is 0 Å². The Bertz CT molecular complexity index is 394. The molecule has 0 radical (unpaired) electrons. The van der Waals surface area contributed by atoms with Crippen LogP contribution in [0, 0.1) is 5.92 Å².